The van der Waals surface area contributed by atoms with Crippen LogP contribution in [-0.4, -0.2) is 29.7 Å². The molecule has 0 aliphatic carbocycles. The van der Waals surface area contributed by atoms with E-state index in [1.165, 1.54) is 19.2 Å². The topological polar surface area (TPSA) is 105 Å². The molecule has 0 saturated carbocycles. The number of aromatic nitrogens is 1. The second-order valence-corrected chi connectivity index (χ2v) is 10.5. The first kappa shape index (κ1) is 29.6. The number of para-hydroxylation sites is 3. The summed E-state index contributed by atoms with van der Waals surface area (Å²) in [6, 6.07) is 25.1. The fourth-order valence-corrected chi connectivity index (χ4v) is 5.71. The molecule has 0 spiro atoms. The van der Waals surface area contributed by atoms with Crippen molar-refractivity contribution >= 4 is 27.8 Å². The number of aromatic amines is 1. The van der Waals surface area contributed by atoms with Gasteiger partial charge in [0.1, 0.15) is 17.1 Å². The second-order valence-electron chi connectivity index (χ2n) is 10.5. The largest absolute Gasteiger partial charge is 0.507 e. The zero-order valence-electron chi connectivity index (χ0n) is 23.9. The van der Waals surface area contributed by atoms with E-state index < -0.39 is 23.3 Å². The third-order valence-electron chi connectivity index (χ3n) is 7.83. The highest BCUT2D eigenvalue weighted by molar-refractivity contribution is 5.97. The SMILES string of the molecule is COc1ccccc1C(=O)NCCc1c(C(c2ccc(C(F)(F)F)cc2)c2c(O)c3ccccc3oc2=O)[nH]c2ccccc12. The number of carbonyl (C=O) groups excluding carboxylic acids is 1. The molecule has 0 aliphatic heterocycles. The van der Waals surface area contributed by atoms with E-state index in [1.54, 1.807) is 48.5 Å². The lowest BCUT2D eigenvalue weighted by molar-refractivity contribution is -0.137. The summed E-state index contributed by atoms with van der Waals surface area (Å²) in [6.45, 7) is 0.184. The summed E-state index contributed by atoms with van der Waals surface area (Å²) in [5.41, 5.74) is 0.946. The van der Waals surface area contributed by atoms with Crippen molar-refractivity contribution < 1.29 is 32.2 Å². The van der Waals surface area contributed by atoms with Crippen LogP contribution in [0.4, 0.5) is 13.2 Å². The van der Waals surface area contributed by atoms with Gasteiger partial charge in [-0.2, -0.15) is 13.2 Å². The number of H-pyrrole nitrogens is 1. The monoisotopic (exact) mass is 612 g/mol. The van der Waals surface area contributed by atoms with Crippen LogP contribution in [0.1, 0.15) is 44.2 Å². The van der Waals surface area contributed by atoms with E-state index in [4.69, 9.17) is 9.15 Å². The van der Waals surface area contributed by atoms with E-state index in [9.17, 15) is 27.9 Å². The van der Waals surface area contributed by atoms with Gasteiger partial charge in [0, 0.05) is 23.1 Å². The predicted octanol–water partition coefficient (Wildman–Crippen LogP) is 7.16. The Morgan fingerprint density at radius 2 is 1.60 bits per heavy atom. The molecule has 2 aromatic heterocycles. The van der Waals surface area contributed by atoms with Crippen molar-refractivity contribution in [2.45, 2.75) is 18.5 Å². The minimum absolute atomic E-state index is 0.126. The molecule has 228 valence electrons. The van der Waals surface area contributed by atoms with Crippen LogP contribution in [0.15, 0.2) is 106 Å². The van der Waals surface area contributed by atoms with Gasteiger partial charge in [-0.1, -0.05) is 54.6 Å². The van der Waals surface area contributed by atoms with Gasteiger partial charge in [-0.3, -0.25) is 4.79 Å². The lowest BCUT2D eigenvalue weighted by Crippen LogP contribution is -2.26. The number of benzene rings is 4. The Balaban J connectivity index is 1.48. The van der Waals surface area contributed by atoms with Gasteiger partial charge in [-0.25, -0.2) is 4.79 Å². The molecule has 2 heterocycles. The molecule has 4 aromatic carbocycles. The summed E-state index contributed by atoms with van der Waals surface area (Å²) in [7, 11) is 1.48. The zero-order valence-corrected chi connectivity index (χ0v) is 23.9. The number of alkyl halides is 3. The Morgan fingerprint density at radius 3 is 2.33 bits per heavy atom. The Hall–Kier alpha value is -5.51. The van der Waals surface area contributed by atoms with Crippen LogP contribution in [0.25, 0.3) is 21.9 Å². The van der Waals surface area contributed by atoms with Crippen LogP contribution in [-0.2, 0) is 12.6 Å². The maximum Gasteiger partial charge on any atom is 0.416 e. The normalized spacial score (nSPS) is 12.4. The highest BCUT2D eigenvalue weighted by Crippen LogP contribution is 2.42. The smallest absolute Gasteiger partial charge is 0.416 e. The first-order chi connectivity index (χ1) is 21.7. The van der Waals surface area contributed by atoms with Gasteiger partial charge in [0.15, 0.2) is 0 Å². The Bertz CT molecular complexity index is 2080. The minimum atomic E-state index is -4.57. The standard InChI is InChI=1S/C35H27F3N2O5/c1-44-27-12-6-4-10-25(27)33(42)39-19-18-23-22-8-2-5-11-26(22)40-31(23)29(20-14-16-21(17-15-20)35(36,37)38)30-32(41)24-9-3-7-13-28(24)45-34(30)43/h2-17,29,40-41H,18-19H2,1H3,(H,39,42). The number of methoxy groups -OCH3 is 1. The number of ether oxygens (including phenoxy) is 1. The number of carbonyl (C=O) groups is 1. The number of aromatic hydroxyl groups is 1. The van der Waals surface area contributed by atoms with Crippen LogP contribution in [0.3, 0.4) is 0 Å². The maximum atomic E-state index is 13.5. The summed E-state index contributed by atoms with van der Waals surface area (Å²) in [6.07, 6.45) is -4.28. The van der Waals surface area contributed by atoms with Gasteiger partial charge in [0.2, 0.25) is 0 Å². The van der Waals surface area contributed by atoms with E-state index in [0.29, 0.717) is 33.7 Å². The Kier molecular flexibility index (Phi) is 7.80. The molecule has 0 radical (unpaired) electrons. The predicted molar refractivity (Wildman–Crippen MR) is 164 cm³/mol. The lowest BCUT2D eigenvalue weighted by Gasteiger charge is -2.21. The molecule has 1 atom stereocenters. The highest BCUT2D eigenvalue weighted by atomic mass is 19.4. The first-order valence-electron chi connectivity index (χ1n) is 14.1. The third kappa shape index (κ3) is 5.62. The van der Waals surface area contributed by atoms with Crippen molar-refractivity contribution in [2.24, 2.45) is 0 Å². The van der Waals surface area contributed by atoms with Crippen LogP contribution in [0.2, 0.25) is 0 Å². The summed E-state index contributed by atoms with van der Waals surface area (Å²) in [5, 5.41) is 15.5. The van der Waals surface area contributed by atoms with Crippen LogP contribution >= 0.6 is 0 Å². The number of amides is 1. The zero-order chi connectivity index (χ0) is 31.7. The molecule has 3 N–H and O–H groups in total. The molecule has 1 amide bonds. The number of rotatable bonds is 8. The van der Waals surface area contributed by atoms with E-state index in [-0.39, 0.29) is 41.2 Å². The molecule has 6 rings (SSSR count). The van der Waals surface area contributed by atoms with Crippen molar-refractivity contribution in [1.29, 1.82) is 0 Å². The van der Waals surface area contributed by atoms with E-state index in [0.717, 1.165) is 17.5 Å². The molecule has 45 heavy (non-hydrogen) atoms. The van der Waals surface area contributed by atoms with Crippen LogP contribution in [0.5, 0.6) is 11.5 Å². The molecule has 1 unspecified atom stereocenters. The van der Waals surface area contributed by atoms with Crippen molar-refractivity contribution in [3.05, 3.63) is 141 Å². The van der Waals surface area contributed by atoms with Crippen molar-refractivity contribution in [3.63, 3.8) is 0 Å². The van der Waals surface area contributed by atoms with Gasteiger partial charge in [0.05, 0.1) is 35.1 Å². The Labute approximate surface area is 254 Å². The second kappa shape index (κ2) is 11.9. The fourth-order valence-electron chi connectivity index (χ4n) is 5.71. The molecule has 0 bridgehead atoms. The summed E-state index contributed by atoms with van der Waals surface area (Å²) >= 11 is 0. The summed E-state index contributed by atoms with van der Waals surface area (Å²) < 4.78 is 51.4. The van der Waals surface area contributed by atoms with E-state index in [2.05, 4.69) is 10.3 Å². The average molecular weight is 613 g/mol. The van der Waals surface area contributed by atoms with Gasteiger partial charge < -0.3 is 24.6 Å². The third-order valence-corrected chi connectivity index (χ3v) is 7.83. The molecular formula is C35H27F3N2O5. The van der Waals surface area contributed by atoms with Gasteiger partial charge in [0.25, 0.3) is 5.91 Å². The molecule has 0 saturated heterocycles. The maximum absolute atomic E-state index is 13.5. The molecule has 6 aromatic rings. The van der Waals surface area contributed by atoms with Crippen LogP contribution < -0.4 is 15.7 Å². The van der Waals surface area contributed by atoms with Gasteiger partial charge >= 0.3 is 11.8 Å². The first-order valence-corrected chi connectivity index (χ1v) is 14.1. The van der Waals surface area contributed by atoms with E-state index in [1.807, 2.05) is 24.3 Å². The van der Waals surface area contributed by atoms with Crippen molar-refractivity contribution in [2.75, 3.05) is 13.7 Å². The summed E-state index contributed by atoms with van der Waals surface area (Å²) in [4.78, 5) is 29.9. The molecule has 10 heteroatoms. The molecule has 0 aliphatic rings. The molecule has 0 fully saturated rings. The number of nitrogens with one attached hydrogen (secondary N) is 2. The average Bonchev–Trinajstić information content (AvgIpc) is 3.40. The Morgan fingerprint density at radius 1 is 0.933 bits per heavy atom. The van der Waals surface area contributed by atoms with Crippen molar-refractivity contribution in [1.82, 2.24) is 10.3 Å². The van der Waals surface area contributed by atoms with Gasteiger partial charge in [-0.05, 0) is 60.0 Å². The van der Waals surface area contributed by atoms with Gasteiger partial charge in [-0.15, -0.1) is 0 Å². The number of halogens is 3. The number of fused-ring (bicyclic) bond motifs is 2. The molecular weight excluding hydrogens is 585 g/mol. The summed E-state index contributed by atoms with van der Waals surface area (Å²) in [5.74, 6) is -1.30. The van der Waals surface area contributed by atoms with Crippen molar-refractivity contribution in [3.8, 4) is 11.5 Å². The van der Waals surface area contributed by atoms with E-state index >= 15 is 0 Å². The fraction of sp³-hybridized carbons (Fsp3) is 0.143. The minimum Gasteiger partial charge on any atom is -0.507 e. The lowest BCUT2D eigenvalue weighted by atomic mass is 9.85. The number of hydrogen-bond donors (Lipinski definition) is 3. The molecule has 7 nitrogen and oxygen atoms in total. The number of hydrogen-bond acceptors (Lipinski definition) is 5. The quantitative estimate of drug-likeness (QED) is 0.158. The highest BCUT2D eigenvalue weighted by Gasteiger charge is 2.33. The van der Waals surface area contributed by atoms with Crippen LogP contribution in [0, 0.1) is 0 Å².